The van der Waals surface area contributed by atoms with Gasteiger partial charge >= 0.3 is 0 Å². The fourth-order valence-corrected chi connectivity index (χ4v) is 6.04. The number of nitrogens with zero attached hydrogens (tertiary/aromatic N) is 16. The number of allylic oxidation sites excluding steroid dienone is 12. The van der Waals surface area contributed by atoms with Gasteiger partial charge in [0.1, 0.15) is 25.3 Å². The lowest BCUT2D eigenvalue weighted by Crippen LogP contribution is -2.09. The zero-order valence-electron chi connectivity index (χ0n) is 26.1. The van der Waals surface area contributed by atoms with Gasteiger partial charge in [-0.2, -0.15) is 0 Å². The first kappa shape index (κ1) is 27.5. The van der Waals surface area contributed by atoms with Gasteiger partial charge in [-0.3, -0.25) is 0 Å². The molecule has 16 heteroatoms. The SMILES string of the molecule is Cn1cnnc1C1=C2C=CC(=N2)C(c2nncn2C)=C2C=CC(=N2)C(c2nncn2C)=C2C=CC(=N2)C(c2nncn2C)=C2C=CC1=N2. The molecule has 0 spiro atoms. The Labute approximate surface area is 272 Å². The number of rotatable bonds is 4. The molecule has 0 N–H and O–H groups in total. The average molecular weight is 633 g/mol. The van der Waals surface area contributed by atoms with E-state index in [9.17, 15) is 0 Å². The van der Waals surface area contributed by atoms with Crippen molar-refractivity contribution in [3.05, 3.63) is 120 Å². The maximum Gasteiger partial charge on any atom is 0.167 e. The van der Waals surface area contributed by atoms with Gasteiger partial charge in [0.2, 0.25) is 0 Å². The predicted molar refractivity (Wildman–Crippen MR) is 178 cm³/mol. The Morgan fingerprint density at radius 3 is 0.750 bits per heavy atom. The molecule has 16 nitrogen and oxygen atoms in total. The summed E-state index contributed by atoms with van der Waals surface area (Å²) in [6.45, 7) is 0. The number of fused-ring (bicyclic) bond motifs is 4. The first-order valence-corrected chi connectivity index (χ1v) is 14.9. The van der Waals surface area contributed by atoms with Crippen molar-refractivity contribution in [1.82, 2.24) is 59.1 Å². The minimum atomic E-state index is 0.608. The van der Waals surface area contributed by atoms with Gasteiger partial charge in [-0.25, -0.2) is 20.0 Å². The molecular weight excluding hydrogens is 608 g/mol. The van der Waals surface area contributed by atoms with Crippen LogP contribution < -0.4 is 0 Å². The van der Waals surface area contributed by atoms with Crippen LogP contribution in [0.1, 0.15) is 23.3 Å². The van der Waals surface area contributed by atoms with Crippen LogP contribution in [0.2, 0.25) is 0 Å². The lowest BCUT2D eigenvalue weighted by Gasteiger charge is -2.11. The average Bonchev–Trinajstić information content (AvgIpc) is 3.91. The van der Waals surface area contributed by atoms with Crippen LogP contribution in [0.3, 0.4) is 0 Å². The summed E-state index contributed by atoms with van der Waals surface area (Å²) in [6.07, 6.45) is 22.2. The van der Waals surface area contributed by atoms with E-state index < -0.39 is 0 Å². The van der Waals surface area contributed by atoms with Crippen LogP contribution >= 0.6 is 0 Å². The summed E-state index contributed by atoms with van der Waals surface area (Å²) in [6, 6.07) is 0. The van der Waals surface area contributed by atoms with Crippen LogP contribution in [0.4, 0.5) is 0 Å². The highest BCUT2D eigenvalue weighted by Gasteiger charge is 2.31. The lowest BCUT2D eigenvalue weighted by molar-refractivity contribution is 0.890. The van der Waals surface area contributed by atoms with Gasteiger partial charge in [-0.1, -0.05) is 0 Å². The number of aromatic nitrogens is 12. The number of hydrogen-bond acceptors (Lipinski definition) is 12. The largest absolute Gasteiger partial charge is 0.317 e. The van der Waals surface area contributed by atoms with Gasteiger partial charge in [-0.15, -0.1) is 40.8 Å². The Hall–Kier alpha value is -6.84. The van der Waals surface area contributed by atoms with E-state index in [1.165, 1.54) is 0 Å². The molecule has 5 aliphatic rings. The second-order valence-electron chi connectivity index (χ2n) is 11.4. The third-order valence-electron chi connectivity index (χ3n) is 8.35. The fourth-order valence-electron chi connectivity index (χ4n) is 6.04. The molecule has 48 heavy (non-hydrogen) atoms. The third-order valence-corrected chi connectivity index (χ3v) is 8.35. The zero-order chi connectivity index (χ0) is 32.5. The van der Waals surface area contributed by atoms with E-state index in [2.05, 4.69) is 40.8 Å². The van der Waals surface area contributed by atoms with Crippen LogP contribution in [0.5, 0.6) is 0 Å². The Balaban J connectivity index is 1.39. The molecule has 4 aromatic rings. The molecule has 0 atom stereocenters. The van der Waals surface area contributed by atoms with Crippen molar-refractivity contribution in [3.8, 4) is 0 Å². The summed E-state index contributed by atoms with van der Waals surface area (Å²) in [4.78, 5) is 20.6. The quantitative estimate of drug-likeness (QED) is 0.329. The first-order valence-electron chi connectivity index (χ1n) is 14.9. The Morgan fingerprint density at radius 2 is 0.562 bits per heavy atom. The van der Waals surface area contributed by atoms with Crippen LogP contribution in [0.15, 0.2) is 117 Å². The normalized spacial score (nSPS) is 18.2. The molecule has 0 unspecified atom stereocenters. The van der Waals surface area contributed by atoms with E-state index in [0.717, 1.165) is 0 Å². The smallest absolute Gasteiger partial charge is 0.167 e. The van der Waals surface area contributed by atoms with Crippen LogP contribution in [-0.4, -0.2) is 81.9 Å². The molecule has 5 aliphatic heterocycles. The van der Waals surface area contributed by atoms with Crippen molar-refractivity contribution in [2.45, 2.75) is 0 Å². The Bertz CT molecular complexity index is 2130. The molecule has 232 valence electrons. The van der Waals surface area contributed by atoms with E-state index in [4.69, 9.17) is 20.0 Å². The molecule has 0 saturated heterocycles. The van der Waals surface area contributed by atoms with Crippen molar-refractivity contribution in [1.29, 1.82) is 0 Å². The molecule has 0 fully saturated rings. The monoisotopic (exact) mass is 632 g/mol. The van der Waals surface area contributed by atoms with E-state index in [1.54, 1.807) is 25.3 Å². The highest BCUT2D eigenvalue weighted by Crippen LogP contribution is 2.37. The lowest BCUT2D eigenvalue weighted by atomic mass is 10.1. The van der Waals surface area contributed by atoms with E-state index in [1.807, 2.05) is 95.1 Å². The summed E-state index contributed by atoms with van der Waals surface area (Å²) in [5, 5.41) is 34.5. The molecule has 0 aromatic carbocycles. The second-order valence-corrected chi connectivity index (χ2v) is 11.4. The van der Waals surface area contributed by atoms with Gasteiger partial charge in [0, 0.05) is 28.2 Å². The fraction of sp³-hybridized carbons (Fsp3) is 0.125. The highest BCUT2D eigenvalue weighted by molar-refractivity contribution is 6.38. The van der Waals surface area contributed by atoms with Crippen molar-refractivity contribution >= 4 is 45.1 Å². The van der Waals surface area contributed by atoms with Gasteiger partial charge in [0.05, 0.1) is 67.9 Å². The molecule has 0 saturated carbocycles. The van der Waals surface area contributed by atoms with Crippen molar-refractivity contribution in [3.63, 3.8) is 0 Å². The molecule has 0 radical (unpaired) electrons. The molecule has 9 heterocycles. The minimum absolute atomic E-state index is 0.608. The van der Waals surface area contributed by atoms with Gasteiger partial charge in [0.25, 0.3) is 0 Å². The van der Waals surface area contributed by atoms with Crippen LogP contribution in [-0.2, 0) is 28.2 Å². The van der Waals surface area contributed by atoms with Crippen molar-refractivity contribution in [2.24, 2.45) is 48.2 Å². The van der Waals surface area contributed by atoms with Crippen molar-refractivity contribution in [2.75, 3.05) is 0 Å². The molecule has 0 amide bonds. The van der Waals surface area contributed by atoms with Gasteiger partial charge in [0.15, 0.2) is 23.3 Å². The van der Waals surface area contributed by atoms with Gasteiger partial charge < -0.3 is 18.3 Å². The maximum absolute atomic E-state index is 5.15. The molecule has 9 rings (SSSR count). The summed E-state index contributed by atoms with van der Waals surface area (Å²) >= 11 is 0. The van der Waals surface area contributed by atoms with Crippen LogP contribution in [0, 0.1) is 0 Å². The minimum Gasteiger partial charge on any atom is -0.317 e. The topological polar surface area (TPSA) is 172 Å². The summed E-state index contributed by atoms with van der Waals surface area (Å²) in [7, 11) is 7.55. The Kier molecular flexibility index (Phi) is 5.92. The van der Waals surface area contributed by atoms with E-state index >= 15 is 0 Å². The Morgan fingerprint density at radius 1 is 0.333 bits per heavy atom. The zero-order valence-corrected chi connectivity index (χ0v) is 26.1. The van der Waals surface area contributed by atoms with E-state index in [0.29, 0.717) is 91.2 Å². The first-order chi connectivity index (χ1) is 23.4. The highest BCUT2D eigenvalue weighted by atomic mass is 15.3. The summed E-state index contributed by atoms with van der Waals surface area (Å²) in [5.41, 5.74) is 8.09. The third kappa shape index (κ3) is 4.15. The number of aliphatic imine (C=N–C) groups is 4. The van der Waals surface area contributed by atoms with Gasteiger partial charge in [-0.05, 0) is 48.6 Å². The maximum atomic E-state index is 5.15. The molecule has 0 aliphatic carbocycles. The summed E-state index contributed by atoms with van der Waals surface area (Å²) < 4.78 is 7.38. The molecule has 4 aromatic heterocycles. The number of aryl methyl sites for hydroxylation is 4. The van der Waals surface area contributed by atoms with Crippen LogP contribution in [0.25, 0.3) is 22.3 Å². The second kappa shape index (κ2) is 10.3. The standard InChI is InChI=1S/C32H24N16/c1-45-13-33-41-29(45)25-17-5-7-19(37-17)26(30-42-34-14-46(30)2)21-9-11-23(39-21)28(32-44-36-16-48(32)4)24-12-10-22(40-24)27(20-8-6-18(25)38-20)31-43-35-15-47(31)3/h5-16H,1-4H3. The van der Waals surface area contributed by atoms with E-state index in [-0.39, 0.29) is 0 Å². The molecule has 8 bridgehead atoms. The summed E-state index contributed by atoms with van der Waals surface area (Å²) in [5.74, 6) is 2.43. The molecular formula is C32H24N16. The van der Waals surface area contributed by atoms with Crippen molar-refractivity contribution < 1.29 is 0 Å². The number of hydrogen-bond donors (Lipinski definition) is 0. The predicted octanol–water partition coefficient (Wildman–Crippen LogP) is 2.20.